The first kappa shape index (κ1) is 58.9. The zero-order valence-electron chi connectivity index (χ0n) is 37.8. The zero-order chi connectivity index (χ0) is 47.3. The minimum atomic E-state index is -0.550. The van der Waals surface area contributed by atoms with Gasteiger partial charge in [0, 0.05) is 32.8 Å². The number of aliphatic hydroxyl groups is 2. The number of fused-ring (bicyclic) bond motifs is 4. The molecule has 4 heterocycles. The van der Waals surface area contributed by atoms with Gasteiger partial charge in [-0.1, -0.05) is 90.9 Å². The maximum Gasteiger partial charge on any atom is 1.00 e. The minimum Gasteiger partial charge on any atom is -1.00 e. The maximum absolute atomic E-state index is 11.9. The molecule has 0 aliphatic carbocycles. The fraction of sp³-hybridized carbons (Fsp3) is 0.347. The number of imide groups is 3. The zero-order valence-corrected chi connectivity index (χ0v) is 44.1. The number of hydrogen-bond donors (Lipinski definition) is 3. The Kier molecular flexibility index (Phi) is 27.3. The third-order valence-electron chi connectivity index (χ3n) is 10.3. The second-order valence-electron chi connectivity index (χ2n) is 14.9. The first-order valence-corrected chi connectivity index (χ1v) is 23.2. The van der Waals surface area contributed by atoms with E-state index in [-0.39, 0.29) is 102 Å². The second kappa shape index (κ2) is 31.0. The van der Waals surface area contributed by atoms with Crippen LogP contribution in [0.1, 0.15) is 148 Å². The van der Waals surface area contributed by atoms with Crippen molar-refractivity contribution in [2.45, 2.75) is 64.7 Å². The van der Waals surface area contributed by atoms with E-state index >= 15 is 0 Å². The van der Waals surface area contributed by atoms with E-state index in [9.17, 15) is 38.4 Å². The van der Waals surface area contributed by atoms with Gasteiger partial charge < -0.3 is 44.7 Å². The minimum absolute atomic E-state index is 0. The van der Waals surface area contributed by atoms with Crippen molar-refractivity contribution in [3.8, 4) is 0 Å². The number of carbonyl (C=O) groups is 8. The molecule has 0 bridgehead atoms. The van der Waals surface area contributed by atoms with Crippen molar-refractivity contribution in [2.75, 3.05) is 43.8 Å². The molecule has 15 nitrogen and oxygen atoms in total. The van der Waals surface area contributed by atoms with Gasteiger partial charge in [-0.15, -0.1) is 0 Å². The third-order valence-corrected chi connectivity index (χ3v) is 11.1. The van der Waals surface area contributed by atoms with Gasteiger partial charge in [-0.3, -0.25) is 43.5 Å². The first-order valence-electron chi connectivity index (χ1n) is 21.7. The van der Waals surface area contributed by atoms with Gasteiger partial charge in [-0.2, -0.15) is 0 Å². The number of rotatable bonds is 15. The van der Waals surface area contributed by atoms with E-state index in [1.807, 2.05) is 0 Å². The molecule has 352 valence electrons. The number of hydrogen-bond acceptors (Lipinski definition) is 12. The summed E-state index contributed by atoms with van der Waals surface area (Å²) in [6.45, 7) is 4.62. The first-order chi connectivity index (χ1) is 31.5. The van der Waals surface area contributed by atoms with E-state index in [0.29, 0.717) is 83.5 Å². The van der Waals surface area contributed by atoms with Gasteiger partial charge in [0.25, 0.3) is 35.4 Å². The van der Waals surface area contributed by atoms with Crippen molar-refractivity contribution in [3.63, 3.8) is 0 Å². The van der Waals surface area contributed by atoms with Crippen molar-refractivity contribution in [3.05, 3.63) is 142 Å². The molecule has 0 aromatic heterocycles. The Hall–Kier alpha value is -4.22. The fourth-order valence-corrected chi connectivity index (χ4v) is 7.42. The van der Waals surface area contributed by atoms with Gasteiger partial charge >= 0.3 is 41.5 Å². The Morgan fingerprint density at radius 1 is 0.448 bits per heavy atom. The molecule has 0 radical (unpaired) electrons. The van der Waals surface area contributed by atoms with Crippen LogP contribution in [0.4, 0.5) is 0 Å². The van der Waals surface area contributed by atoms with Crippen LogP contribution in [0.3, 0.4) is 0 Å². The summed E-state index contributed by atoms with van der Waals surface area (Å²) in [6.07, 6.45) is 7.98. The van der Waals surface area contributed by atoms with Gasteiger partial charge in [0.05, 0.1) is 44.5 Å². The van der Waals surface area contributed by atoms with Crippen LogP contribution in [0, 0.1) is 0 Å². The predicted octanol–water partition coefficient (Wildman–Crippen LogP) is 0.749. The van der Waals surface area contributed by atoms with Crippen LogP contribution < -0.4 is 59.3 Å². The molecule has 0 saturated heterocycles. The number of ether oxygens (including phenoxy) is 1. The number of cyclic esters (lactones) is 2. The number of benzene rings is 4. The van der Waals surface area contributed by atoms with Gasteiger partial charge in [-0.25, -0.2) is 9.59 Å². The number of carbonyl (C=O) groups excluding carboxylic acids is 8. The van der Waals surface area contributed by atoms with E-state index in [4.69, 9.17) is 15.9 Å². The summed E-state index contributed by atoms with van der Waals surface area (Å²) in [6, 6.07) is 27.4. The second-order valence-corrected chi connectivity index (χ2v) is 16.0. The molecular weight excluding hydrogens is 1100 g/mol. The Morgan fingerprint density at radius 3 is 0.970 bits per heavy atom. The number of unbranched alkanes of at least 4 members (excludes halogenated alkanes) is 5. The van der Waals surface area contributed by atoms with Gasteiger partial charge in [0.1, 0.15) is 0 Å². The number of amides is 6. The van der Waals surface area contributed by atoms with Gasteiger partial charge in [-0.05, 0) is 104 Å². The van der Waals surface area contributed by atoms with E-state index in [0.717, 1.165) is 49.4 Å². The SMILES string of the molecule is CCCCCN1C(=O)c2ccccc2C1=O.NCCCCO.O=C1OC(=O)c2ccccc21.O=C1c2ccccc2C(=O)N1CCCCI.O=C1c2ccccc2C(=O)N1CCCCO.[I-].[Na+]. The Balaban J connectivity index is 0.000000294. The number of alkyl halides is 1. The van der Waals surface area contributed by atoms with E-state index in [1.54, 1.807) is 97.1 Å². The van der Waals surface area contributed by atoms with Crippen LogP contribution in [0.15, 0.2) is 97.1 Å². The third kappa shape index (κ3) is 15.9. The van der Waals surface area contributed by atoms with Crippen molar-refractivity contribution >= 4 is 70.0 Å². The molecule has 18 heteroatoms. The van der Waals surface area contributed by atoms with Crippen LogP contribution in [-0.4, -0.2) is 116 Å². The summed E-state index contributed by atoms with van der Waals surface area (Å²) < 4.78 is 5.41. The Labute approximate surface area is 443 Å². The molecule has 0 atom stereocenters. The molecule has 0 fully saturated rings. The van der Waals surface area contributed by atoms with Crippen molar-refractivity contribution in [2.24, 2.45) is 5.73 Å². The Morgan fingerprint density at radius 2 is 0.716 bits per heavy atom. The number of esters is 2. The molecule has 4 aromatic carbocycles. The Bertz CT molecular complexity index is 2010. The molecule has 8 rings (SSSR count). The smallest absolute Gasteiger partial charge is 1.00 e. The van der Waals surface area contributed by atoms with Crippen LogP contribution in [0.5, 0.6) is 0 Å². The summed E-state index contributed by atoms with van der Waals surface area (Å²) in [5.74, 6) is -2.12. The normalized spacial score (nSPS) is 13.5. The molecular formula is C49H55I2N4NaO11. The van der Waals surface area contributed by atoms with E-state index < -0.39 is 11.9 Å². The average molecular weight is 1150 g/mol. The molecule has 4 N–H and O–H groups in total. The van der Waals surface area contributed by atoms with Crippen LogP contribution in [-0.2, 0) is 4.74 Å². The summed E-state index contributed by atoms with van der Waals surface area (Å²) in [5, 5.41) is 16.8. The number of aliphatic hydroxyl groups excluding tert-OH is 2. The topological polar surface area (TPSA) is 222 Å². The monoisotopic (exact) mass is 1150 g/mol. The molecule has 4 aliphatic heterocycles. The van der Waals surface area contributed by atoms with Crippen LogP contribution >= 0.6 is 22.6 Å². The van der Waals surface area contributed by atoms with Crippen LogP contribution in [0.25, 0.3) is 0 Å². The van der Waals surface area contributed by atoms with E-state index in [1.165, 1.54) is 14.7 Å². The molecule has 4 aliphatic rings. The number of halogens is 2. The quantitative estimate of drug-likeness (QED) is 0.0286. The van der Waals surface area contributed by atoms with Crippen molar-refractivity contribution < 1.29 is 107 Å². The summed E-state index contributed by atoms with van der Waals surface area (Å²) in [4.78, 5) is 96.9. The molecule has 0 spiro atoms. The van der Waals surface area contributed by atoms with Crippen molar-refractivity contribution in [1.29, 1.82) is 0 Å². The molecule has 0 saturated carbocycles. The molecule has 4 aromatic rings. The molecule has 0 unspecified atom stereocenters. The summed E-state index contributed by atoms with van der Waals surface area (Å²) in [7, 11) is 0. The number of nitrogens with zero attached hydrogens (tertiary/aromatic N) is 3. The van der Waals surface area contributed by atoms with E-state index in [2.05, 4.69) is 34.3 Å². The predicted molar refractivity (Wildman–Crippen MR) is 251 cm³/mol. The molecule has 6 amide bonds. The standard InChI is InChI=1S/C13H15NO2.C12H12INO2.C12H13NO3.C8H4O3.C4H11NO.HI.Na/c1-2-3-6-9-14-12(15)10-7-4-5-8-11(10)13(14)16;13-7-3-4-8-14-11(15)9-5-1-2-6-10(9)12(14)16;14-8-4-3-7-13-11(15)9-5-1-2-6-10(9)12(13)16;9-7-5-3-1-2-4-6(5)8(10)11-7;5-3-1-2-4-6;;/h4-5,7-8H,2-3,6,9H2,1H3;1-2,5-6H,3-4,7-8H2;1-2,5-6,14H,3-4,7-8H2;1-4H;6H,1-5H2;1H;/q;;;;;;+1/p-1. The van der Waals surface area contributed by atoms with Crippen molar-refractivity contribution in [1.82, 2.24) is 14.7 Å². The summed E-state index contributed by atoms with van der Waals surface area (Å²) in [5.41, 5.74) is 8.96. The largest absolute Gasteiger partial charge is 1.00 e. The van der Waals surface area contributed by atoms with Crippen LogP contribution in [0.2, 0.25) is 0 Å². The molecule has 67 heavy (non-hydrogen) atoms. The summed E-state index contributed by atoms with van der Waals surface area (Å²) >= 11 is 2.30. The maximum atomic E-state index is 11.9. The van der Waals surface area contributed by atoms with Gasteiger partial charge in [0.2, 0.25) is 0 Å². The number of nitrogens with two attached hydrogens (primary N) is 1. The average Bonchev–Trinajstić information content (AvgIpc) is 3.95. The van der Waals surface area contributed by atoms with Gasteiger partial charge in [0.15, 0.2) is 0 Å². The fourth-order valence-electron chi connectivity index (χ4n) is 6.88.